The molecule has 4 rings (SSSR count). The second kappa shape index (κ2) is 9.30. The van der Waals surface area contributed by atoms with Gasteiger partial charge in [-0.2, -0.15) is 5.10 Å². The zero-order valence-corrected chi connectivity index (χ0v) is 17.1. The molecular weight excluding hydrogens is 394 g/mol. The van der Waals surface area contributed by atoms with Gasteiger partial charge in [-0.1, -0.05) is 48.5 Å². The molecule has 1 N–H and O–H groups in total. The minimum atomic E-state index is -0.692. The summed E-state index contributed by atoms with van der Waals surface area (Å²) in [5, 5.41) is 9.06. The molecule has 7 nitrogen and oxygen atoms in total. The van der Waals surface area contributed by atoms with E-state index in [4.69, 9.17) is 9.15 Å². The number of furan rings is 1. The van der Waals surface area contributed by atoms with Crippen molar-refractivity contribution in [3.63, 3.8) is 0 Å². The lowest BCUT2D eigenvalue weighted by Crippen LogP contribution is -2.44. The number of para-hydroxylation sites is 1. The molecule has 0 fully saturated rings. The maximum absolute atomic E-state index is 13.4. The van der Waals surface area contributed by atoms with Crippen molar-refractivity contribution >= 4 is 23.3 Å². The highest BCUT2D eigenvalue weighted by atomic mass is 16.5. The topological polar surface area (TPSA) is 84.1 Å². The van der Waals surface area contributed by atoms with Crippen molar-refractivity contribution in [2.24, 2.45) is 5.10 Å². The summed E-state index contributed by atoms with van der Waals surface area (Å²) in [6, 6.07) is 21.3. The van der Waals surface area contributed by atoms with E-state index in [9.17, 15) is 9.59 Å². The number of carbonyl (C=O) groups excluding carboxylic acids is 2. The van der Waals surface area contributed by atoms with E-state index >= 15 is 0 Å². The first-order valence-electron chi connectivity index (χ1n) is 10.1. The normalized spacial score (nSPS) is 16.5. The summed E-state index contributed by atoms with van der Waals surface area (Å²) in [6.07, 6.45) is 1.73. The SMILES string of the molecule is CCOC(=O)C1=NN(c2ccccc2)C(C(=O)NC(c2ccccc2)c2ccco2)C1. The Morgan fingerprint density at radius 2 is 1.81 bits per heavy atom. The van der Waals surface area contributed by atoms with Gasteiger partial charge in [0.25, 0.3) is 0 Å². The number of anilines is 1. The molecule has 2 heterocycles. The lowest BCUT2D eigenvalue weighted by molar-refractivity contribution is -0.135. The molecule has 1 aromatic heterocycles. The third-order valence-corrected chi connectivity index (χ3v) is 4.99. The monoisotopic (exact) mass is 417 g/mol. The number of nitrogens with one attached hydrogen (secondary N) is 1. The molecule has 3 aromatic rings. The van der Waals surface area contributed by atoms with E-state index in [1.165, 1.54) is 0 Å². The number of rotatable bonds is 7. The van der Waals surface area contributed by atoms with Crippen molar-refractivity contribution in [1.29, 1.82) is 0 Å². The first-order valence-corrected chi connectivity index (χ1v) is 10.1. The quantitative estimate of drug-likeness (QED) is 0.593. The van der Waals surface area contributed by atoms with Crippen LogP contribution >= 0.6 is 0 Å². The second-order valence-electron chi connectivity index (χ2n) is 7.03. The Morgan fingerprint density at radius 3 is 2.45 bits per heavy atom. The van der Waals surface area contributed by atoms with Crippen molar-refractivity contribution in [1.82, 2.24) is 5.32 Å². The number of nitrogens with zero attached hydrogens (tertiary/aromatic N) is 2. The molecule has 0 radical (unpaired) electrons. The number of esters is 1. The van der Waals surface area contributed by atoms with Crippen molar-refractivity contribution in [3.05, 3.63) is 90.4 Å². The van der Waals surface area contributed by atoms with Crippen LogP contribution in [0.15, 0.2) is 88.6 Å². The molecule has 1 aliphatic rings. The molecule has 0 bridgehead atoms. The average Bonchev–Trinajstić information content (AvgIpc) is 3.49. The minimum Gasteiger partial charge on any atom is -0.467 e. The van der Waals surface area contributed by atoms with Crippen LogP contribution in [0.3, 0.4) is 0 Å². The molecule has 31 heavy (non-hydrogen) atoms. The Bertz CT molecular complexity index is 1050. The average molecular weight is 417 g/mol. The van der Waals surface area contributed by atoms with Gasteiger partial charge in [0.15, 0.2) is 0 Å². The maximum Gasteiger partial charge on any atom is 0.354 e. The highest BCUT2D eigenvalue weighted by Crippen LogP contribution is 2.27. The van der Waals surface area contributed by atoms with Crippen LogP contribution in [-0.2, 0) is 14.3 Å². The number of hydrazone groups is 1. The molecule has 1 aliphatic heterocycles. The number of hydrogen-bond acceptors (Lipinski definition) is 6. The van der Waals surface area contributed by atoms with Gasteiger partial charge in [0.1, 0.15) is 23.6 Å². The van der Waals surface area contributed by atoms with Crippen LogP contribution in [0.4, 0.5) is 5.69 Å². The molecular formula is C24H23N3O4. The number of amides is 1. The van der Waals surface area contributed by atoms with Gasteiger partial charge < -0.3 is 14.5 Å². The standard InChI is InChI=1S/C24H23N3O4/c1-2-30-24(29)19-16-20(27(26-19)18-12-7-4-8-13-18)23(28)25-22(21-14-9-15-31-21)17-10-5-3-6-11-17/h3-15,20,22H,2,16H2,1H3,(H,25,28). The fourth-order valence-corrected chi connectivity index (χ4v) is 3.53. The van der Waals surface area contributed by atoms with Gasteiger partial charge >= 0.3 is 5.97 Å². The van der Waals surface area contributed by atoms with Crippen molar-refractivity contribution in [2.75, 3.05) is 11.6 Å². The van der Waals surface area contributed by atoms with Crippen molar-refractivity contribution in [3.8, 4) is 0 Å². The fraction of sp³-hybridized carbons (Fsp3) is 0.208. The lowest BCUT2D eigenvalue weighted by Gasteiger charge is -2.25. The summed E-state index contributed by atoms with van der Waals surface area (Å²) in [6.45, 7) is 1.98. The van der Waals surface area contributed by atoms with E-state index < -0.39 is 18.1 Å². The van der Waals surface area contributed by atoms with E-state index in [1.54, 1.807) is 24.3 Å². The van der Waals surface area contributed by atoms with Gasteiger partial charge in [0, 0.05) is 6.42 Å². The Kier molecular flexibility index (Phi) is 6.12. The van der Waals surface area contributed by atoms with Crippen LogP contribution in [0.25, 0.3) is 0 Å². The van der Waals surface area contributed by atoms with E-state index in [2.05, 4.69) is 10.4 Å². The molecule has 0 saturated carbocycles. The smallest absolute Gasteiger partial charge is 0.354 e. The van der Waals surface area contributed by atoms with E-state index in [-0.39, 0.29) is 24.6 Å². The van der Waals surface area contributed by atoms with Crippen LogP contribution < -0.4 is 10.3 Å². The Balaban J connectivity index is 1.61. The first-order chi connectivity index (χ1) is 15.2. The van der Waals surface area contributed by atoms with Crippen LogP contribution in [0.5, 0.6) is 0 Å². The molecule has 2 unspecified atom stereocenters. The highest BCUT2D eigenvalue weighted by Gasteiger charge is 2.38. The highest BCUT2D eigenvalue weighted by molar-refractivity contribution is 6.38. The largest absolute Gasteiger partial charge is 0.467 e. The number of ether oxygens (including phenoxy) is 1. The van der Waals surface area contributed by atoms with Crippen molar-refractivity contribution < 1.29 is 18.7 Å². The molecule has 2 aromatic carbocycles. The molecule has 0 aliphatic carbocycles. The molecule has 158 valence electrons. The zero-order valence-electron chi connectivity index (χ0n) is 17.1. The van der Waals surface area contributed by atoms with Crippen LogP contribution in [0, 0.1) is 0 Å². The van der Waals surface area contributed by atoms with Gasteiger partial charge in [-0.3, -0.25) is 9.80 Å². The van der Waals surface area contributed by atoms with Crippen molar-refractivity contribution in [2.45, 2.75) is 25.4 Å². The Morgan fingerprint density at radius 1 is 1.10 bits per heavy atom. The van der Waals surface area contributed by atoms with Gasteiger partial charge in [-0.05, 0) is 36.8 Å². The molecule has 2 atom stereocenters. The molecule has 0 saturated heterocycles. The van der Waals surface area contributed by atoms with E-state index in [1.807, 2.05) is 66.7 Å². The third-order valence-electron chi connectivity index (χ3n) is 4.99. The maximum atomic E-state index is 13.4. The summed E-state index contributed by atoms with van der Waals surface area (Å²) in [5.74, 6) is -0.156. The minimum absolute atomic E-state index is 0.152. The van der Waals surface area contributed by atoms with Gasteiger partial charge in [0.2, 0.25) is 5.91 Å². The number of carbonyl (C=O) groups is 2. The summed E-state index contributed by atoms with van der Waals surface area (Å²) >= 11 is 0. The molecule has 7 heteroatoms. The summed E-state index contributed by atoms with van der Waals surface area (Å²) < 4.78 is 10.7. The number of benzene rings is 2. The molecule has 0 spiro atoms. The van der Waals surface area contributed by atoms with Gasteiger partial charge in [0.05, 0.1) is 18.6 Å². The van der Waals surface area contributed by atoms with Gasteiger partial charge in [-0.15, -0.1) is 0 Å². The fourth-order valence-electron chi connectivity index (χ4n) is 3.53. The lowest BCUT2D eigenvalue weighted by atomic mass is 10.0. The predicted octanol–water partition coefficient (Wildman–Crippen LogP) is 3.68. The zero-order chi connectivity index (χ0) is 21.6. The summed E-state index contributed by atoms with van der Waals surface area (Å²) in [7, 11) is 0. The van der Waals surface area contributed by atoms with E-state index in [0.717, 1.165) is 11.3 Å². The second-order valence-corrected chi connectivity index (χ2v) is 7.03. The third kappa shape index (κ3) is 4.50. The van der Waals surface area contributed by atoms with Crippen LogP contribution in [0.1, 0.15) is 30.7 Å². The summed E-state index contributed by atoms with van der Waals surface area (Å²) in [4.78, 5) is 25.7. The molecule has 1 amide bonds. The first kappa shape index (κ1) is 20.4. The Hall–Kier alpha value is -3.87. The summed E-state index contributed by atoms with van der Waals surface area (Å²) in [5.41, 5.74) is 1.83. The van der Waals surface area contributed by atoms with Gasteiger partial charge in [-0.25, -0.2) is 4.79 Å². The van der Waals surface area contributed by atoms with Crippen LogP contribution in [0.2, 0.25) is 0 Å². The number of hydrogen-bond donors (Lipinski definition) is 1. The Labute approximate surface area is 180 Å². The predicted molar refractivity (Wildman–Crippen MR) is 117 cm³/mol. The van der Waals surface area contributed by atoms with E-state index in [0.29, 0.717) is 5.76 Å². The van der Waals surface area contributed by atoms with Crippen LogP contribution in [-0.4, -0.2) is 30.2 Å².